The van der Waals surface area contributed by atoms with Crippen molar-refractivity contribution in [1.29, 1.82) is 0 Å². The molecule has 1 unspecified atom stereocenters. The molecule has 0 radical (unpaired) electrons. The van der Waals surface area contributed by atoms with Crippen LogP contribution >= 0.6 is 0 Å². The van der Waals surface area contributed by atoms with E-state index in [1.54, 1.807) is 0 Å². The topological polar surface area (TPSA) is 83.5 Å². The first-order chi connectivity index (χ1) is 7.99. The van der Waals surface area contributed by atoms with Crippen molar-refractivity contribution in [3.8, 4) is 0 Å². The number of hydrogen-bond acceptors (Lipinski definition) is 4. The van der Waals surface area contributed by atoms with Crippen molar-refractivity contribution in [2.45, 2.75) is 43.5 Å². The molecule has 2 aliphatic rings. The minimum Gasteiger partial charge on any atom is -0.393 e. The van der Waals surface area contributed by atoms with E-state index in [0.717, 1.165) is 6.42 Å². The van der Waals surface area contributed by atoms with E-state index in [0.29, 0.717) is 38.1 Å². The average molecular weight is 261 g/mol. The molecule has 5 nitrogen and oxygen atoms in total. The quantitative estimate of drug-likeness (QED) is 0.739. The maximum Gasteiger partial charge on any atom is 0.238 e. The maximum atomic E-state index is 11.8. The minimum absolute atomic E-state index is 0.132. The number of rotatable bonds is 3. The highest BCUT2D eigenvalue weighted by atomic mass is 32.2. The number of carbonyl (C=O) groups excluding carboxylic acids is 1. The number of amides is 1. The molecule has 0 bridgehead atoms. The van der Waals surface area contributed by atoms with Gasteiger partial charge in [0.15, 0.2) is 9.84 Å². The molecule has 0 aromatic rings. The fraction of sp³-hybridized carbons (Fsp3) is 0.909. The number of nitrogens with one attached hydrogen (secondary N) is 1. The molecule has 2 N–H and O–H groups in total. The number of aliphatic hydroxyl groups is 1. The summed E-state index contributed by atoms with van der Waals surface area (Å²) in [5.41, 5.74) is 0. The van der Waals surface area contributed by atoms with Crippen LogP contribution in [0.4, 0.5) is 0 Å². The predicted octanol–water partition coefficient (Wildman–Crippen LogP) is -0.159. The van der Waals surface area contributed by atoms with Gasteiger partial charge in [0.25, 0.3) is 0 Å². The van der Waals surface area contributed by atoms with Gasteiger partial charge in [0.2, 0.25) is 5.91 Å². The molecule has 2 rings (SSSR count). The fourth-order valence-corrected chi connectivity index (χ4v) is 4.30. The van der Waals surface area contributed by atoms with Gasteiger partial charge in [-0.05, 0) is 31.6 Å². The SMILES string of the molecule is O=C(NCC1CC(O)C1)C1CCCCS1(=O)=O. The van der Waals surface area contributed by atoms with Gasteiger partial charge >= 0.3 is 0 Å². The Hall–Kier alpha value is -0.620. The van der Waals surface area contributed by atoms with Crippen molar-refractivity contribution in [2.75, 3.05) is 12.3 Å². The summed E-state index contributed by atoms with van der Waals surface area (Å²) in [4.78, 5) is 11.8. The number of sulfone groups is 1. The average Bonchev–Trinajstić information content (AvgIpc) is 2.21. The molecular formula is C11H19NO4S. The van der Waals surface area contributed by atoms with E-state index < -0.39 is 15.1 Å². The van der Waals surface area contributed by atoms with Gasteiger partial charge in [-0.15, -0.1) is 0 Å². The van der Waals surface area contributed by atoms with Crippen LogP contribution in [0.15, 0.2) is 0 Å². The molecule has 98 valence electrons. The Bertz CT molecular complexity index is 386. The summed E-state index contributed by atoms with van der Waals surface area (Å²) in [5.74, 6) is 0.0825. The van der Waals surface area contributed by atoms with Gasteiger partial charge in [-0.25, -0.2) is 8.42 Å². The van der Waals surface area contributed by atoms with Gasteiger partial charge in [-0.1, -0.05) is 6.42 Å². The van der Waals surface area contributed by atoms with Crippen LogP contribution in [-0.2, 0) is 14.6 Å². The molecule has 2 fully saturated rings. The molecule has 0 aromatic heterocycles. The highest BCUT2D eigenvalue weighted by Crippen LogP contribution is 2.26. The second-order valence-corrected chi connectivity index (χ2v) is 7.39. The Morgan fingerprint density at radius 3 is 2.59 bits per heavy atom. The Morgan fingerprint density at radius 2 is 2.00 bits per heavy atom. The smallest absolute Gasteiger partial charge is 0.238 e. The summed E-state index contributed by atoms with van der Waals surface area (Å²) in [6.07, 6.45) is 3.09. The second kappa shape index (κ2) is 4.94. The van der Waals surface area contributed by atoms with E-state index in [-0.39, 0.29) is 17.8 Å². The molecule has 0 aromatic carbocycles. The van der Waals surface area contributed by atoms with E-state index in [2.05, 4.69) is 5.32 Å². The van der Waals surface area contributed by atoms with Gasteiger partial charge in [-0.2, -0.15) is 0 Å². The Kier molecular flexibility index (Phi) is 3.73. The zero-order valence-electron chi connectivity index (χ0n) is 9.76. The lowest BCUT2D eigenvalue weighted by Crippen LogP contribution is -2.46. The van der Waals surface area contributed by atoms with Crippen LogP contribution in [0.25, 0.3) is 0 Å². The van der Waals surface area contributed by atoms with Crippen LogP contribution in [-0.4, -0.2) is 43.1 Å². The lowest BCUT2D eigenvalue weighted by molar-refractivity contribution is -0.121. The summed E-state index contributed by atoms with van der Waals surface area (Å²) in [6, 6.07) is 0. The highest BCUT2D eigenvalue weighted by Gasteiger charge is 2.35. The van der Waals surface area contributed by atoms with Crippen LogP contribution in [0.2, 0.25) is 0 Å². The first kappa shape index (κ1) is 12.8. The van der Waals surface area contributed by atoms with E-state index in [1.807, 2.05) is 0 Å². The van der Waals surface area contributed by atoms with E-state index >= 15 is 0 Å². The van der Waals surface area contributed by atoms with Crippen LogP contribution < -0.4 is 5.32 Å². The van der Waals surface area contributed by atoms with E-state index in [4.69, 9.17) is 5.11 Å². The van der Waals surface area contributed by atoms with Gasteiger partial charge in [0.05, 0.1) is 11.9 Å². The van der Waals surface area contributed by atoms with Crippen LogP contribution in [0.3, 0.4) is 0 Å². The van der Waals surface area contributed by atoms with Crippen molar-refractivity contribution in [1.82, 2.24) is 5.32 Å². The van der Waals surface area contributed by atoms with E-state index in [1.165, 1.54) is 0 Å². The Morgan fingerprint density at radius 1 is 1.29 bits per heavy atom. The van der Waals surface area contributed by atoms with E-state index in [9.17, 15) is 13.2 Å². The summed E-state index contributed by atoms with van der Waals surface area (Å²) >= 11 is 0. The molecule has 1 atom stereocenters. The molecule has 0 spiro atoms. The lowest BCUT2D eigenvalue weighted by Gasteiger charge is -2.32. The third kappa shape index (κ3) is 2.98. The van der Waals surface area contributed by atoms with Crippen LogP contribution in [0.5, 0.6) is 0 Å². The number of hydrogen-bond donors (Lipinski definition) is 2. The van der Waals surface area contributed by atoms with Crippen molar-refractivity contribution in [3.63, 3.8) is 0 Å². The molecule has 17 heavy (non-hydrogen) atoms. The van der Waals surface area contributed by atoms with Crippen molar-refractivity contribution in [3.05, 3.63) is 0 Å². The summed E-state index contributed by atoms with van der Waals surface area (Å²) in [7, 11) is -3.23. The first-order valence-electron chi connectivity index (χ1n) is 6.16. The summed E-state index contributed by atoms with van der Waals surface area (Å²) in [6.45, 7) is 0.488. The predicted molar refractivity (Wildman–Crippen MR) is 63.2 cm³/mol. The molecule has 1 saturated carbocycles. The standard InChI is InChI=1S/C11H19NO4S/c13-9-5-8(6-9)7-12-11(14)10-3-1-2-4-17(10,15)16/h8-10,13H,1-7H2,(H,12,14). The first-order valence-corrected chi connectivity index (χ1v) is 7.88. The minimum atomic E-state index is -3.23. The molecule has 6 heteroatoms. The largest absolute Gasteiger partial charge is 0.393 e. The number of carbonyl (C=O) groups is 1. The third-order valence-electron chi connectivity index (χ3n) is 3.65. The zero-order valence-corrected chi connectivity index (χ0v) is 10.6. The summed E-state index contributed by atoms with van der Waals surface area (Å²) in [5, 5.41) is 11.0. The Labute approximate surface area is 102 Å². The normalized spacial score (nSPS) is 35.9. The summed E-state index contributed by atoms with van der Waals surface area (Å²) < 4.78 is 23.4. The van der Waals surface area contributed by atoms with Gasteiger partial charge in [-0.3, -0.25) is 4.79 Å². The molecule has 1 saturated heterocycles. The van der Waals surface area contributed by atoms with Gasteiger partial charge in [0, 0.05) is 6.54 Å². The third-order valence-corrected chi connectivity index (χ3v) is 5.82. The van der Waals surface area contributed by atoms with Crippen LogP contribution in [0, 0.1) is 5.92 Å². The zero-order chi connectivity index (χ0) is 12.5. The number of aliphatic hydroxyl groups excluding tert-OH is 1. The molecule has 1 heterocycles. The fourth-order valence-electron chi connectivity index (χ4n) is 2.47. The van der Waals surface area contributed by atoms with Gasteiger partial charge < -0.3 is 10.4 Å². The van der Waals surface area contributed by atoms with Crippen LogP contribution in [0.1, 0.15) is 32.1 Å². The molecule has 1 aliphatic carbocycles. The highest BCUT2D eigenvalue weighted by molar-refractivity contribution is 7.92. The molecule has 1 amide bonds. The van der Waals surface area contributed by atoms with Crippen molar-refractivity contribution < 1.29 is 18.3 Å². The van der Waals surface area contributed by atoms with Crippen molar-refractivity contribution in [2.24, 2.45) is 5.92 Å². The van der Waals surface area contributed by atoms with Gasteiger partial charge in [0.1, 0.15) is 5.25 Å². The van der Waals surface area contributed by atoms with Crippen molar-refractivity contribution >= 4 is 15.7 Å². The Balaban J connectivity index is 1.82. The second-order valence-electron chi connectivity index (χ2n) is 5.09. The lowest BCUT2D eigenvalue weighted by atomic mass is 9.82. The molecular weight excluding hydrogens is 242 g/mol. The molecule has 1 aliphatic heterocycles. The monoisotopic (exact) mass is 261 g/mol. The maximum absolute atomic E-state index is 11.8.